The fraction of sp³-hybridized carbons (Fsp3) is 0.269. The number of hydrogen-bond donors (Lipinski definition) is 2. The van der Waals surface area contributed by atoms with Crippen molar-refractivity contribution in [2.45, 2.75) is 44.9 Å². The van der Waals surface area contributed by atoms with Crippen LogP contribution in [0.15, 0.2) is 71.6 Å². The van der Waals surface area contributed by atoms with E-state index in [1.54, 1.807) is 18.2 Å². The minimum absolute atomic E-state index is 0.0457. The molecule has 174 valence electrons. The van der Waals surface area contributed by atoms with Gasteiger partial charge in [-0.15, -0.1) is 0 Å². The van der Waals surface area contributed by atoms with E-state index in [-0.39, 0.29) is 22.8 Å². The molecule has 3 rings (SSSR count). The molecule has 0 aromatic heterocycles. The van der Waals surface area contributed by atoms with E-state index in [1.165, 1.54) is 17.7 Å². The van der Waals surface area contributed by atoms with E-state index in [1.807, 2.05) is 50.2 Å². The van der Waals surface area contributed by atoms with Crippen LogP contribution in [0.25, 0.3) is 0 Å². The highest BCUT2D eigenvalue weighted by atomic mass is 32.2. The number of benzene rings is 3. The minimum atomic E-state index is -3.74. The van der Waals surface area contributed by atoms with E-state index in [9.17, 15) is 13.2 Å². The van der Waals surface area contributed by atoms with Gasteiger partial charge in [-0.05, 0) is 72.9 Å². The average molecular weight is 467 g/mol. The molecular formula is C26H30N2O4S. The highest BCUT2D eigenvalue weighted by molar-refractivity contribution is 7.92. The number of carbonyl (C=O) groups is 1. The fourth-order valence-corrected chi connectivity index (χ4v) is 4.38. The van der Waals surface area contributed by atoms with E-state index in [0.29, 0.717) is 17.1 Å². The molecule has 0 saturated carbocycles. The molecule has 2 N–H and O–H groups in total. The lowest BCUT2D eigenvalue weighted by Crippen LogP contribution is -2.20. The molecule has 3 aromatic carbocycles. The van der Waals surface area contributed by atoms with Gasteiger partial charge in [-0.2, -0.15) is 0 Å². The standard InChI is InChI=1S/C26H30N2O4S/c1-18-6-15-24(19(2)16-18)28-33(30,31)23-13-9-21(10-14-23)27-25(29)17-32-22-11-7-20(8-12-22)26(3,4)5/h6-16,28H,17H2,1-5H3,(H,27,29). The molecule has 1 amide bonds. The Morgan fingerprint density at radius 1 is 0.909 bits per heavy atom. The minimum Gasteiger partial charge on any atom is -0.484 e. The number of hydrogen-bond acceptors (Lipinski definition) is 4. The van der Waals surface area contributed by atoms with E-state index < -0.39 is 10.0 Å². The molecule has 6 nitrogen and oxygen atoms in total. The predicted molar refractivity (Wildman–Crippen MR) is 132 cm³/mol. The zero-order valence-corrected chi connectivity index (χ0v) is 20.4. The summed E-state index contributed by atoms with van der Waals surface area (Å²) in [5, 5.41) is 2.71. The maximum Gasteiger partial charge on any atom is 0.262 e. The van der Waals surface area contributed by atoms with Crippen LogP contribution in [-0.2, 0) is 20.2 Å². The molecule has 0 unspecified atom stereocenters. The van der Waals surface area contributed by atoms with Crippen molar-refractivity contribution in [2.24, 2.45) is 0 Å². The molecule has 0 saturated heterocycles. The first-order valence-electron chi connectivity index (χ1n) is 10.7. The predicted octanol–water partition coefficient (Wildman–Crippen LogP) is 5.42. The lowest BCUT2D eigenvalue weighted by Gasteiger charge is -2.19. The lowest BCUT2D eigenvalue weighted by molar-refractivity contribution is -0.118. The van der Waals surface area contributed by atoms with Crippen LogP contribution in [0.4, 0.5) is 11.4 Å². The maximum atomic E-state index is 12.7. The van der Waals surface area contributed by atoms with Crippen molar-refractivity contribution in [1.29, 1.82) is 0 Å². The second-order valence-electron chi connectivity index (χ2n) is 9.06. The summed E-state index contributed by atoms with van der Waals surface area (Å²) < 4.78 is 33.6. The molecule has 33 heavy (non-hydrogen) atoms. The number of carbonyl (C=O) groups excluding carboxylic acids is 1. The quantitative estimate of drug-likeness (QED) is 0.487. The normalized spacial score (nSPS) is 11.7. The molecular weight excluding hydrogens is 436 g/mol. The summed E-state index contributed by atoms with van der Waals surface area (Å²) in [5.41, 5.74) is 4.14. The number of aryl methyl sites for hydroxylation is 2. The summed E-state index contributed by atoms with van der Waals surface area (Å²) in [6.07, 6.45) is 0. The molecule has 0 spiro atoms. The highest BCUT2D eigenvalue weighted by Crippen LogP contribution is 2.24. The summed E-state index contributed by atoms with van der Waals surface area (Å²) in [6.45, 7) is 10.0. The van der Waals surface area contributed by atoms with Crippen LogP contribution >= 0.6 is 0 Å². The summed E-state index contributed by atoms with van der Waals surface area (Å²) in [4.78, 5) is 12.3. The van der Waals surface area contributed by atoms with E-state index >= 15 is 0 Å². The molecule has 0 bridgehead atoms. The first kappa shape index (κ1) is 24.3. The summed E-state index contributed by atoms with van der Waals surface area (Å²) in [5.74, 6) is 0.274. The molecule has 7 heteroatoms. The molecule has 0 atom stereocenters. The SMILES string of the molecule is Cc1ccc(NS(=O)(=O)c2ccc(NC(=O)COc3ccc(C(C)(C)C)cc3)cc2)c(C)c1. The second kappa shape index (κ2) is 9.67. The van der Waals surface area contributed by atoms with Gasteiger partial charge >= 0.3 is 0 Å². The molecule has 0 aliphatic rings. The van der Waals surface area contributed by atoms with Crippen molar-refractivity contribution in [2.75, 3.05) is 16.6 Å². The van der Waals surface area contributed by atoms with Gasteiger partial charge in [0.05, 0.1) is 10.6 Å². The van der Waals surface area contributed by atoms with Gasteiger partial charge in [-0.25, -0.2) is 8.42 Å². The summed E-state index contributed by atoms with van der Waals surface area (Å²) in [7, 11) is -3.74. The Morgan fingerprint density at radius 2 is 1.55 bits per heavy atom. The van der Waals surface area contributed by atoms with Crippen molar-refractivity contribution < 1.29 is 17.9 Å². The average Bonchev–Trinajstić information content (AvgIpc) is 2.74. The molecule has 0 heterocycles. The summed E-state index contributed by atoms with van der Waals surface area (Å²) in [6, 6.07) is 19.2. The first-order chi connectivity index (χ1) is 15.4. The Hall–Kier alpha value is -3.32. The van der Waals surface area contributed by atoms with Crippen molar-refractivity contribution in [3.63, 3.8) is 0 Å². The molecule has 0 aliphatic carbocycles. The van der Waals surface area contributed by atoms with Crippen molar-refractivity contribution >= 4 is 27.3 Å². The smallest absolute Gasteiger partial charge is 0.262 e. The third-order valence-electron chi connectivity index (χ3n) is 5.16. The van der Waals surface area contributed by atoms with Crippen LogP contribution in [0.5, 0.6) is 5.75 Å². The Morgan fingerprint density at radius 3 is 2.12 bits per heavy atom. The lowest BCUT2D eigenvalue weighted by atomic mass is 9.87. The number of amides is 1. The van der Waals surface area contributed by atoms with Gasteiger partial charge in [0.2, 0.25) is 0 Å². The van der Waals surface area contributed by atoms with Gasteiger partial charge in [-0.3, -0.25) is 9.52 Å². The Balaban J connectivity index is 1.57. The largest absolute Gasteiger partial charge is 0.484 e. The zero-order chi connectivity index (χ0) is 24.2. The first-order valence-corrected chi connectivity index (χ1v) is 12.2. The zero-order valence-electron chi connectivity index (χ0n) is 19.6. The molecule has 0 fully saturated rings. The van der Waals surface area contributed by atoms with Crippen LogP contribution in [0.3, 0.4) is 0 Å². The van der Waals surface area contributed by atoms with Gasteiger partial charge in [0.15, 0.2) is 6.61 Å². The molecule has 3 aromatic rings. The van der Waals surface area contributed by atoms with Crippen molar-refractivity contribution in [3.8, 4) is 5.75 Å². The van der Waals surface area contributed by atoms with Crippen LogP contribution in [0, 0.1) is 13.8 Å². The molecule has 0 aliphatic heterocycles. The number of nitrogens with one attached hydrogen (secondary N) is 2. The van der Waals surface area contributed by atoms with Gasteiger partial charge in [0.1, 0.15) is 5.75 Å². The third-order valence-corrected chi connectivity index (χ3v) is 6.55. The van der Waals surface area contributed by atoms with Crippen molar-refractivity contribution in [1.82, 2.24) is 0 Å². The molecule has 0 radical (unpaired) electrons. The van der Waals surface area contributed by atoms with Gasteiger partial charge in [-0.1, -0.05) is 50.6 Å². The van der Waals surface area contributed by atoms with E-state index in [4.69, 9.17) is 4.74 Å². The van der Waals surface area contributed by atoms with Crippen LogP contribution < -0.4 is 14.8 Å². The van der Waals surface area contributed by atoms with Crippen LogP contribution in [0.2, 0.25) is 0 Å². The Labute approximate surface area is 196 Å². The van der Waals surface area contributed by atoms with E-state index in [2.05, 4.69) is 30.8 Å². The third kappa shape index (κ3) is 6.58. The van der Waals surface area contributed by atoms with Gasteiger partial charge in [0.25, 0.3) is 15.9 Å². The fourth-order valence-electron chi connectivity index (χ4n) is 3.25. The Bertz CT molecular complexity index is 1230. The highest BCUT2D eigenvalue weighted by Gasteiger charge is 2.16. The van der Waals surface area contributed by atoms with Gasteiger partial charge < -0.3 is 10.1 Å². The number of sulfonamides is 1. The number of rotatable bonds is 7. The van der Waals surface area contributed by atoms with Crippen LogP contribution in [0.1, 0.15) is 37.5 Å². The van der Waals surface area contributed by atoms with Crippen LogP contribution in [-0.4, -0.2) is 20.9 Å². The summed E-state index contributed by atoms with van der Waals surface area (Å²) >= 11 is 0. The topological polar surface area (TPSA) is 84.5 Å². The maximum absolute atomic E-state index is 12.7. The number of anilines is 2. The van der Waals surface area contributed by atoms with Gasteiger partial charge in [0, 0.05) is 5.69 Å². The number of ether oxygens (including phenoxy) is 1. The second-order valence-corrected chi connectivity index (χ2v) is 10.7. The monoisotopic (exact) mass is 466 g/mol. The van der Waals surface area contributed by atoms with Crippen molar-refractivity contribution in [3.05, 3.63) is 83.4 Å². The Kier molecular flexibility index (Phi) is 7.12. The van der Waals surface area contributed by atoms with E-state index in [0.717, 1.165) is 11.1 Å².